The molecule has 100 valence electrons. The molecule has 2 heteroatoms. The van der Waals surface area contributed by atoms with Gasteiger partial charge in [-0.05, 0) is 56.7 Å². The van der Waals surface area contributed by atoms with E-state index in [-0.39, 0.29) is 5.92 Å². The second-order valence-electron chi connectivity index (χ2n) is 5.93. The van der Waals surface area contributed by atoms with Gasteiger partial charge in [0, 0.05) is 0 Å². The summed E-state index contributed by atoms with van der Waals surface area (Å²) in [6, 6.07) is 4.26. The molecular weight excluding hydrogens is 224 g/mol. The normalized spacial score (nSPS) is 14.6. The van der Waals surface area contributed by atoms with Gasteiger partial charge in [-0.2, -0.15) is 0 Å². The lowest BCUT2D eigenvalue weighted by molar-refractivity contribution is -0.150. The van der Waals surface area contributed by atoms with Gasteiger partial charge in [-0.15, -0.1) is 0 Å². The van der Waals surface area contributed by atoms with Gasteiger partial charge < -0.3 is 5.11 Å². The largest absolute Gasteiger partial charge is 0.481 e. The van der Waals surface area contributed by atoms with Crippen molar-refractivity contribution in [3.63, 3.8) is 0 Å². The van der Waals surface area contributed by atoms with Crippen LogP contribution < -0.4 is 0 Å². The van der Waals surface area contributed by atoms with Crippen LogP contribution in [0.4, 0.5) is 0 Å². The van der Waals surface area contributed by atoms with Crippen molar-refractivity contribution in [1.29, 1.82) is 0 Å². The van der Waals surface area contributed by atoms with E-state index in [0.29, 0.717) is 6.42 Å². The Labute approximate surface area is 110 Å². The van der Waals surface area contributed by atoms with E-state index in [1.807, 2.05) is 20.8 Å². The molecule has 1 atom stereocenters. The first-order chi connectivity index (χ1) is 8.18. The molecule has 0 saturated carbocycles. The zero-order chi connectivity index (χ0) is 14.1. The van der Waals surface area contributed by atoms with Gasteiger partial charge in [0.15, 0.2) is 0 Å². The summed E-state index contributed by atoms with van der Waals surface area (Å²) in [5, 5.41) is 9.50. The van der Waals surface area contributed by atoms with E-state index in [0.717, 1.165) is 0 Å². The molecule has 0 saturated heterocycles. The predicted molar refractivity (Wildman–Crippen MR) is 74.9 cm³/mol. The molecule has 0 amide bonds. The van der Waals surface area contributed by atoms with E-state index in [1.165, 1.54) is 22.3 Å². The SMILES string of the molecule is Cc1cc(C)c(CC(C)(C(=O)O)C(C)C)c(C)c1. The maximum absolute atomic E-state index is 11.6. The highest BCUT2D eigenvalue weighted by Gasteiger charge is 2.37. The molecular formula is C16H24O2. The Kier molecular flexibility index (Phi) is 4.20. The van der Waals surface area contributed by atoms with Crippen LogP contribution >= 0.6 is 0 Å². The molecule has 2 nitrogen and oxygen atoms in total. The van der Waals surface area contributed by atoms with E-state index in [2.05, 4.69) is 32.9 Å². The summed E-state index contributed by atoms with van der Waals surface area (Å²) in [4.78, 5) is 11.6. The third-order valence-corrected chi connectivity index (χ3v) is 4.15. The van der Waals surface area contributed by atoms with Crippen LogP contribution in [0, 0.1) is 32.1 Å². The second kappa shape index (κ2) is 5.13. The topological polar surface area (TPSA) is 37.3 Å². The molecule has 0 aliphatic carbocycles. The van der Waals surface area contributed by atoms with Crippen LogP contribution in [0.25, 0.3) is 0 Å². The number of carbonyl (C=O) groups is 1. The quantitative estimate of drug-likeness (QED) is 0.877. The number of hydrogen-bond acceptors (Lipinski definition) is 1. The molecule has 18 heavy (non-hydrogen) atoms. The number of benzene rings is 1. The number of aryl methyl sites for hydroxylation is 3. The second-order valence-corrected chi connectivity index (χ2v) is 5.93. The standard InChI is InChI=1S/C16H24O2/c1-10(2)16(6,15(17)18)9-14-12(4)7-11(3)8-13(14)5/h7-8,10H,9H2,1-6H3,(H,17,18). The summed E-state index contributed by atoms with van der Waals surface area (Å²) in [5.74, 6) is -0.605. The van der Waals surface area contributed by atoms with Crippen molar-refractivity contribution >= 4 is 5.97 Å². The van der Waals surface area contributed by atoms with E-state index >= 15 is 0 Å². The first-order valence-corrected chi connectivity index (χ1v) is 6.48. The lowest BCUT2D eigenvalue weighted by Crippen LogP contribution is -2.35. The Morgan fingerprint density at radius 2 is 1.67 bits per heavy atom. The van der Waals surface area contributed by atoms with E-state index in [1.54, 1.807) is 0 Å². The van der Waals surface area contributed by atoms with E-state index < -0.39 is 11.4 Å². The molecule has 1 rings (SSSR count). The van der Waals surface area contributed by atoms with Gasteiger partial charge in [0.1, 0.15) is 0 Å². The molecule has 0 heterocycles. The first-order valence-electron chi connectivity index (χ1n) is 6.48. The number of rotatable bonds is 4. The summed E-state index contributed by atoms with van der Waals surface area (Å²) in [7, 11) is 0. The van der Waals surface area contributed by atoms with Gasteiger partial charge in [0.2, 0.25) is 0 Å². The highest BCUT2D eigenvalue weighted by atomic mass is 16.4. The predicted octanol–water partition coefficient (Wildman–Crippen LogP) is 3.90. The van der Waals surface area contributed by atoms with Crippen molar-refractivity contribution in [2.24, 2.45) is 11.3 Å². The average molecular weight is 248 g/mol. The van der Waals surface area contributed by atoms with Crippen LogP contribution in [0.15, 0.2) is 12.1 Å². The maximum Gasteiger partial charge on any atom is 0.309 e. The monoisotopic (exact) mass is 248 g/mol. The third-order valence-electron chi connectivity index (χ3n) is 4.15. The summed E-state index contributed by atoms with van der Waals surface area (Å²) >= 11 is 0. The fourth-order valence-electron chi connectivity index (χ4n) is 2.38. The van der Waals surface area contributed by atoms with Crippen LogP contribution in [0.2, 0.25) is 0 Å². The average Bonchev–Trinajstić information content (AvgIpc) is 2.22. The zero-order valence-electron chi connectivity index (χ0n) is 12.3. The van der Waals surface area contributed by atoms with E-state index in [9.17, 15) is 9.90 Å². The minimum Gasteiger partial charge on any atom is -0.481 e. The summed E-state index contributed by atoms with van der Waals surface area (Å²) < 4.78 is 0. The molecule has 0 aliphatic rings. The van der Waals surface area contributed by atoms with Crippen molar-refractivity contribution < 1.29 is 9.90 Å². The number of carboxylic acids is 1. The summed E-state index contributed by atoms with van der Waals surface area (Å²) in [6.45, 7) is 12.0. The Bertz CT molecular complexity index is 437. The molecule has 0 aromatic heterocycles. The molecule has 0 bridgehead atoms. The molecule has 1 aromatic carbocycles. The van der Waals surface area contributed by atoms with Crippen molar-refractivity contribution in [2.45, 2.75) is 48.0 Å². The maximum atomic E-state index is 11.6. The number of aliphatic carboxylic acids is 1. The van der Waals surface area contributed by atoms with Gasteiger partial charge in [-0.25, -0.2) is 0 Å². The first kappa shape index (κ1) is 14.7. The van der Waals surface area contributed by atoms with Crippen LogP contribution in [0.3, 0.4) is 0 Å². The molecule has 0 aliphatic heterocycles. The van der Waals surface area contributed by atoms with Gasteiger partial charge in [0.05, 0.1) is 5.41 Å². The Balaban J connectivity index is 3.21. The van der Waals surface area contributed by atoms with Crippen LogP contribution in [0.5, 0.6) is 0 Å². The van der Waals surface area contributed by atoms with Crippen molar-refractivity contribution in [3.8, 4) is 0 Å². The summed E-state index contributed by atoms with van der Waals surface area (Å²) in [6.07, 6.45) is 0.595. The van der Waals surface area contributed by atoms with Crippen molar-refractivity contribution in [2.75, 3.05) is 0 Å². The molecule has 1 unspecified atom stereocenters. The molecule has 0 radical (unpaired) electrons. The van der Waals surface area contributed by atoms with Crippen molar-refractivity contribution in [1.82, 2.24) is 0 Å². The lowest BCUT2D eigenvalue weighted by atomic mass is 9.73. The van der Waals surface area contributed by atoms with Crippen molar-refractivity contribution in [3.05, 3.63) is 34.4 Å². The van der Waals surface area contributed by atoms with E-state index in [4.69, 9.17) is 0 Å². The van der Waals surface area contributed by atoms with Crippen LogP contribution in [0.1, 0.15) is 43.0 Å². The van der Waals surface area contributed by atoms with Crippen LogP contribution in [-0.2, 0) is 11.2 Å². The highest BCUT2D eigenvalue weighted by molar-refractivity contribution is 5.75. The Morgan fingerprint density at radius 3 is 2.00 bits per heavy atom. The number of hydrogen-bond donors (Lipinski definition) is 1. The minimum atomic E-state index is -0.711. The lowest BCUT2D eigenvalue weighted by Gasteiger charge is -2.30. The van der Waals surface area contributed by atoms with Gasteiger partial charge >= 0.3 is 5.97 Å². The Hall–Kier alpha value is -1.31. The zero-order valence-corrected chi connectivity index (χ0v) is 12.3. The minimum absolute atomic E-state index is 0.107. The smallest absolute Gasteiger partial charge is 0.309 e. The number of carboxylic acid groups (broad SMARTS) is 1. The Morgan fingerprint density at radius 1 is 1.22 bits per heavy atom. The molecule has 0 fully saturated rings. The van der Waals surface area contributed by atoms with Gasteiger partial charge in [0.25, 0.3) is 0 Å². The molecule has 0 spiro atoms. The highest BCUT2D eigenvalue weighted by Crippen LogP contribution is 2.34. The fraction of sp³-hybridized carbons (Fsp3) is 0.562. The van der Waals surface area contributed by atoms with Gasteiger partial charge in [-0.3, -0.25) is 4.79 Å². The van der Waals surface area contributed by atoms with Gasteiger partial charge in [-0.1, -0.05) is 31.5 Å². The molecule has 1 aromatic rings. The fourth-order valence-corrected chi connectivity index (χ4v) is 2.38. The molecule has 1 N–H and O–H groups in total. The summed E-state index contributed by atoms with van der Waals surface area (Å²) in [5.41, 5.74) is 4.10. The van der Waals surface area contributed by atoms with Crippen LogP contribution in [-0.4, -0.2) is 11.1 Å². The third kappa shape index (κ3) is 2.74.